The molecule has 588 valence electrons. The number of aliphatic hydroxyl groups excluding tert-OH is 1. The van der Waals surface area contributed by atoms with Gasteiger partial charge in [-0.2, -0.15) is 0 Å². The van der Waals surface area contributed by atoms with Crippen molar-refractivity contribution < 1.29 is 80.2 Å². The number of rotatable bonds is 77. The molecule has 6 atom stereocenters. The molecule has 0 radical (unpaired) electrons. The average Bonchev–Trinajstić information content (AvgIpc) is 1.19. The first-order chi connectivity index (χ1) is 47.6. The summed E-state index contributed by atoms with van der Waals surface area (Å²) in [4.78, 5) is 73.0. The van der Waals surface area contributed by atoms with Crippen molar-refractivity contribution in [2.45, 2.75) is 427 Å². The lowest BCUT2D eigenvalue weighted by atomic mass is 9.99. The predicted molar refractivity (Wildman–Crippen MR) is 404 cm³/mol. The summed E-state index contributed by atoms with van der Waals surface area (Å²) in [6.07, 6.45) is 55.3. The van der Waals surface area contributed by atoms with Crippen molar-refractivity contribution in [1.29, 1.82) is 0 Å². The van der Waals surface area contributed by atoms with E-state index in [0.29, 0.717) is 25.7 Å². The van der Waals surface area contributed by atoms with E-state index in [0.717, 1.165) is 114 Å². The molecule has 0 aliphatic carbocycles. The first-order valence-electron chi connectivity index (χ1n) is 41.2. The van der Waals surface area contributed by atoms with Crippen LogP contribution >= 0.6 is 15.6 Å². The van der Waals surface area contributed by atoms with E-state index in [1.807, 2.05) is 0 Å². The van der Waals surface area contributed by atoms with Crippen molar-refractivity contribution in [3.63, 3.8) is 0 Å². The summed E-state index contributed by atoms with van der Waals surface area (Å²) < 4.78 is 68.7. The minimum atomic E-state index is -4.96. The van der Waals surface area contributed by atoms with Gasteiger partial charge in [0.05, 0.1) is 26.4 Å². The van der Waals surface area contributed by atoms with Crippen molar-refractivity contribution in [2.24, 2.45) is 23.7 Å². The molecule has 0 heterocycles. The first kappa shape index (κ1) is 97.1. The zero-order valence-corrected chi connectivity index (χ0v) is 66.9. The molecule has 0 spiro atoms. The molecule has 0 aromatic carbocycles. The fourth-order valence-electron chi connectivity index (χ4n) is 12.2. The van der Waals surface area contributed by atoms with Crippen LogP contribution in [0.3, 0.4) is 0 Å². The van der Waals surface area contributed by atoms with E-state index in [2.05, 4.69) is 55.4 Å². The standard InChI is InChI=1S/C80H156O17P2/c1-9-73(8)59-51-43-35-30-31-37-45-53-61-78(83)91-67-76(97-80(85)63-55-47-39-29-23-17-16-20-26-34-42-50-58-72(6)7)69-95-99(88,89)93-65-74(81)64-92-98(86,87)94-68-75(96-79(84)62-54-46-38-28-22-15-11-13-19-25-33-41-49-57-71(4)5)66-90-77(82)60-52-44-36-27-21-14-10-12-18-24-32-40-48-56-70(2)3/h70-76,81H,9-69H2,1-8H3,(H,86,87)(H,88,89)/t73?,74-,75-,76-/m1/s1. The van der Waals surface area contributed by atoms with Crippen LogP contribution in [0.1, 0.15) is 409 Å². The molecule has 0 saturated heterocycles. The Bertz CT molecular complexity index is 1940. The third kappa shape index (κ3) is 72.8. The molecule has 0 aromatic rings. The Kier molecular flexibility index (Phi) is 67.8. The number of phosphoric ester groups is 2. The van der Waals surface area contributed by atoms with E-state index < -0.39 is 97.5 Å². The van der Waals surface area contributed by atoms with Crippen molar-refractivity contribution in [1.82, 2.24) is 0 Å². The quantitative estimate of drug-likeness (QED) is 0.0222. The van der Waals surface area contributed by atoms with Crippen molar-refractivity contribution in [3.8, 4) is 0 Å². The van der Waals surface area contributed by atoms with Crippen molar-refractivity contribution in [3.05, 3.63) is 0 Å². The number of hydrogen-bond acceptors (Lipinski definition) is 15. The lowest BCUT2D eigenvalue weighted by Gasteiger charge is -2.21. The fourth-order valence-corrected chi connectivity index (χ4v) is 13.8. The van der Waals surface area contributed by atoms with Crippen LogP contribution < -0.4 is 0 Å². The summed E-state index contributed by atoms with van der Waals surface area (Å²) in [5.41, 5.74) is 0. The summed E-state index contributed by atoms with van der Waals surface area (Å²) >= 11 is 0. The van der Waals surface area contributed by atoms with E-state index in [9.17, 15) is 43.2 Å². The number of hydrogen-bond donors (Lipinski definition) is 3. The van der Waals surface area contributed by atoms with E-state index in [1.54, 1.807) is 0 Å². The molecule has 3 N–H and O–H groups in total. The monoisotopic (exact) mass is 1450 g/mol. The summed E-state index contributed by atoms with van der Waals surface area (Å²) in [6, 6.07) is 0. The van der Waals surface area contributed by atoms with Gasteiger partial charge in [-0.3, -0.25) is 37.3 Å². The number of aliphatic hydroxyl groups is 1. The molecular weight excluding hydrogens is 1290 g/mol. The van der Waals surface area contributed by atoms with Crippen molar-refractivity contribution in [2.75, 3.05) is 39.6 Å². The molecule has 17 nitrogen and oxygen atoms in total. The lowest BCUT2D eigenvalue weighted by molar-refractivity contribution is -0.161. The second kappa shape index (κ2) is 69.1. The number of unbranched alkanes of at least 4 members (excludes halogenated alkanes) is 42. The summed E-state index contributed by atoms with van der Waals surface area (Å²) in [7, 11) is -9.92. The molecule has 19 heteroatoms. The summed E-state index contributed by atoms with van der Waals surface area (Å²) in [6.45, 7) is 14.3. The molecular formula is C80H156O17P2. The summed E-state index contributed by atoms with van der Waals surface area (Å²) in [5, 5.41) is 10.6. The van der Waals surface area contributed by atoms with Crippen molar-refractivity contribution >= 4 is 39.5 Å². The topological polar surface area (TPSA) is 237 Å². The molecule has 99 heavy (non-hydrogen) atoms. The fraction of sp³-hybridized carbons (Fsp3) is 0.950. The Morgan fingerprint density at radius 2 is 0.485 bits per heavy atom. The number of esters is 4. The zero-order chi connectivity index (χ0) is 73.1. The normalized spacial score (nSPS) is 14.3. The van der Waals surface area contributed by atoms with Gasteiger partial charge >= 0.3 is 39.5 Å². The Labute approximate surface area is 607 Å². The Morgan fingerprint density at radius 3 is 0.717 bits per heavy atom. The van der Waals surface area contributed by atoms with Gasteiger partial charge in [-0.05, 0) is 49.4 Å². The molecule has 0 aromatic heterocycles. The third-order valence-electron chi connectivity index (χ3n) is 18.9. The van der Waals surface area contributed by atoms with E-state index in [-0.39, 0.29) is 25.7 Å². The van der Waals surface area contributed by atoms with Gasteiger partial charge in [-0.15, -0.1) is 0 Å². The Morgan fingerprint density at radius 1 is 0.283 bits per heavy atom. The molecule has 0 saturated carbocycles. The predicted octanol–water partition coefficient (Wildman–Crippen LogP) is 23.6. The van der Waals surface area contributed by atoms with Gasteiger partial charge < -0.3 is 33.8 Å². The zero-order valence-electron chi connectivity index (χ0n) is 65.1. The van der Waals surface area contributed by atoms with Crippen LogP contribution in [0, 0.1) is 23.7 Å². The van der Waals surface area contributed by atoms with E-state index >= 15 is 0 Å². The minimum Gasteiger partial charge on any atom is -0.462 e. The second-order valence-electron chi connectivity index (χ2n) is 30.5. The molecule has 0 amide bonds. The molecule has 0 aliphatic heterocycles. The maximum absolute atomic E-state index is 13.1. The van der Waals surface area contributed by atoms with Gasteiger partial charge in [0.25, 0.3) is 0 Å². The van der Waals surface area contributed by atoms with E-state index in [4.69, 9.17) is 37.0 Å². The highest BCUT2D eigenvalue weighted by molar-refractivity contribution is 7.47. The average molecular weight is 1450 g/mol. The van der Waals surface area contributed by atoms with Gasteiger partial charge in [-0.25, -0.2) is 9.13 Å². The smallest absolute Gasteiger partial charge is 0.462 e. The minimum absolute atomic E-state index is 0.106. The van der Waals surface area contributed by atoms with Crippen LogP contribution in [-0.4, -0.2) is 96.7 Å². The largest absolute Gasteiger partial charge is 0.472 e. The van der Waals surface area contributed by atoms with Crippen LogP contribution in [0.4, 0.5) is 0 Å². The molecule has 3 unspecified atom stereocenters. The lowest BCUT2D eigenvalue weighted by Crippen LogP contribution is -2.30. The van der Waals surface area contributed by atoms with Crippen LogP contribution in [0.25, 0.3) is 0 Å². The number of carbonyl (C=O) groups excluding carboxylic acids is 4. The first-order valence-corrected chi connectivity index (χ1v) is 44.2. The van der Waals surface area contributed by atoms with Gasteiger partial charge in [0.1, 0.15) is 19.3 Å². The Hall–Kier alpha value is -1.94. The number of ether oxygens (including phenoxy) is 4. The number of phosphoric acid groups is 2. The number of carbonyl (C=O) groups is 4. The summed E-state index contributed by atoms with van der Waals surface area (Å²) in [5.74, 6) is 1.02. The third-order valence-corrected chi connectivity index (χ3v) is 20.8. The maximum Gasteiger partial charge on any atom is 0.472 e. The SMILES string of the molecule is CCC(C)CCCCCCCCCCC(=O)OC[C@H](COP(=O)(O)OC[C@H](O)COP(=O)(O)OC[C@@H](COC(=O)CCCCCCCCCCCCCCCC(C)C)OC(=O)CCCCCCCCCCCCCCCC(C)C)OC(=O)CCCCCCCCCCCCCCC(C)C. The maximum atomic E-state index is 13.1. The van der Waals surface area contributed by atoms with Crippen LogP contribution in [-0.2, 0) is 65.4 Å². The molecule has 0 fully saturated rings. The van der Waals surface area contributed by atoms with Gasteiger partial charge in [0.2, 0.25) is 0 Å². The Balaban J connectivity index is 5.28. The van der Waals surface area contributed by atoms with Crippen LogP contribution in [0.5, 0.6) is 0 Å². The van der Waals surface area contributed by atoms with Crippen LogP contribution in [0.15, 0.2) is 0 Å². The van der Waals surface area contributed by atoms with Crippen LogP contribution in [0.2, 0.25) is 0 Å². The molecule has 0 bridgehead atoms. The highest BCUT2D eigenvalue weighted by Gasteiger charge is 2.30. The van der Waals surface area contributed by atoms with E-state index in [1.165, 1.54) is 212 Å². The highest BCUT2D eigenvalue weighted by Crippen LogP contribution is 2.45. The second-order valence-corrected chi connectivity index (χ2v) is 33.4. The van der Waals surface area contributed by atoms with Gasteiger partial charge in [0.15, 0.2) is 12.2 Å². The highest BCUT2D eigenvalue weighted by atomic mass is 31.2. The molecule has 0 aliphatic rings. The van der Waals surface area contributed by atoms with Gasteiger partial charge in [0, 0.05) is 25.7 Å². The molecule has 0 rings (SSSR count). The van der Waals surface area contributed by atoms with Gasteiger partial charge in [-0.1, -0.05) is 357 Å².